The molecule has 0 bridgehead atoms. The monoisotopic (exact) mass is 262 g/mol. The summed E-state index contributed by atoms with van der Waals surface area (Å²) in [5, 5.41) is 8.16. The lowest BCUT2D eigenvalue weighted by atomic mass is 10.0. The Hall–Kier alpha value is -1.49. The minimum absolute atomic E-state index is 0.0506. The highest BCUT2D eigenvalue weighted by molar-refractivity contribution is 5.95. The van der Waals surface area contributed by atoms with Gasteiger partial charge in [-0.1, -0.05) is 13.8 Å². The largest absolute Gasteiger partial charge is 0.334 e. The van der Waals surface area contributed by atoms with E-state index in [4.69, 9.17) is 5.73 Å². The average molecular weight is 262 g/mol. The number of nitrogens with zero attached hydrogens (tertiary/aromatic N) is 3. The van der Waals surface area contributed by atoms with Crippen molar-refractivity contribution in [1.82, 2.24) is 15.1 Å². The maximum Gasteiger partial charge on any atom is 0.256 e. The minimum atomic E-state index is 0.0506. The first kappa shape index (κ1) is 13.9. The molecule has 0 saturated carbocycles. The van der Waals surface area contributed by atoms with Crippen LogP contribution in [0.4, 0.5) is 0 Å². The average Bonchev–Trinajstić information content (AvgIpc) is 2.78. The van der Waals surface area contributed by atoms with E-state index >= 15 is 0 Å². The Morgan fingerprint density at radius 3 is 2.89 bits per heavy atom. The zero-order chi connectivity index (χ0) is 14.0. The number of amides is 1. The summed E-state index contributed by atoms with van der Waals surface area (Å²) in [7, 11) is 0. The Morgan fingerprint density at radius 2 is 2.26 bits per heavy atom. The molecule has 104 valence electrons. The van der Waals surface area contributed by atoms with Crippen LogP contribution in [0.15, 0.2) is 6.07 Å². The summed E-state index contributed by atoms with van der Waals surface area (Å²) in [5.74, 6) is 0.518. The normalized spacial score (nSPS) is 22.8. The lowest BCUT2D eigenvalue weighted by Gasteiger charge is -2.26. The Morgan fingerprint density at radius 1 is 1.53 bits per heavy atom. The summed E-state index contributed by atoms with van der Waals surface area (Å²) in [6.45, 7) is 7.30. The van der Waals surface area contributed by atoms with E-state index in [1.54, 1.807) is 0 Å². The second kappa shape index (κ2) is 5.65. The summed E-state index contributed by atoms with van der Waals surface area (Å²) < 4.78 is 0. The Balaban J connectivity index is 2.31. The third kappa shape index (κ3) is 2.61. The molecule has 2 heterocycles. The zero-order valence-corrected chi connectivity index (χ0v) is 11.9. The Kier molecular flexibility index (Phi) is 4.14. The lowest BCUT2D eigenvalue weighted by molar-refractivity contribution is 0.0725. The maximum atomic E-state index is 12.7. The van der Waals surface area contributed by atoms with Gasteiger partial charge in [0.1, 0.15) is 0 Å². The second-order valence-electron chi connectivity index (χ2n) is 5.27. The van der Waals surface area contributed by atoms with Gasteiger partial charge in [0.15, 0.2) is 0 Å². The molecule has 0 aromatic carbocycles. The van der Waals surface area contributed by atoms with Gasteiger partial charge < -0.3 is 10.6 Å². The van der Waals surface area contributed by atoms with E-state index in [-0.39, 0.29) is 11.9 Å². The van der Waals surface area contributed by atoms with E-state index in [1.807, 2.05) is 24.8 Å². The van der Waals surface area contributed by atoms with Crippen molar-refractivity contribution >= 4 is 5.91 Å². The first-order valence-corrected chi connectivity index (χ1v) is 6.92. The van der Waals surface area contributed by atoms with E-state index < -0.39 is 0 Å². The minimum Gasteiger partial charge on any atom is -0.334 e. The molecule has 0 spiro atoms. The molecule has 1 saturated heterocycles. The SMILES string of the molecule is CCc1nnc(C)cc1C(=O)N1CCC(C)C1CN. The van der Waals surface area contributed by atoms with Crippen molar-refractivity contribution in [3.63, 3.8) is 0 Å². The van der Waals surface area contributed by atoms with Gasteiger partial charge in [0.2, 0.25) is 0 Å². The first-order chi connectivity index (χ1) is 9.08. The highest BCUT2D eigenvalue weighted by Gasteiger charge is 2.34. The predicted molar refractivity (Wildman–Crippen MR) is 73.8 cm³/mol. The van der Waals surface area contributed by atoms with Crippen molar-refractivity contribution in [2.45, 2.75) is 39.7 Å². The van der Waals surface area contributed by atoms with Gasteiger partial charge in [-0.15, -0.1) is 0 Å². The molecule has 5 heteroatoms. The van der Waals surface area contributed by atoms with Crippen molar-refractivity contribution in [1.29, 1.82) is 0 Å². The van der Waals surface area contributed by atoms with Gasteiger partial charge in [-0.05, 0) is 31.7 Å². The van der Waals surface area contributed by atoms with Gasteiger partial charge in [-0.3, -0.25) is 4.79 Å². The van der Waals surface area contributed by atoms with Crippen LogP contribution in [0, 0.1) is 12.8 Å². The molecule has 1 fully saturated rings. The van der Waals surface area contributed by atoms with Crippen LogP contribution in [0.25, 0.3) is 0 Å². The Bertz CT molecular complexity index is 475. The van der Waals surface area contributed by atoms with Crippen molar-refractivity contribution < 1.29 is 4.79 Å². The number of carbonyl (C=O) groups excluding carboxylic acids is 1. The molecule has 5 nitrogen and oxygen atoms in total. The van der Waals surface area contributed by atoms with Gasteiger partial charge in [-0.25, -0.2) is 0 Å². The molecule has 2 rings (SSSR count). The highest BCUT2D eigenvalue weighted by Crippen LogP contribution is 2.25. The van der Waals surface area contributed by atoms with Crippen LogP contribution in [0.1, 0.15) is 42.0 Å². The molecule has 2 atom stereocenters. The third-order valence-electron chi connectivity index (χ3n) is 3.94. The van der Waals surface area contributed by atoms with Crippen LogP contribution < -0.4 is 5.73 Å². The molecule has 19 heavy (non-hydrogen) atoms. The standard InChI is InChI=1S/C14H22N4O/c1-4-12-11(7-10(3)16-17-12)14(19)18-6-5-9(2)13(18)8-15/h7,9,13H,4-6,8,15H2,1-3H3. The summed E-state index contributed by atoms with van der Waals surface area (Å²) in [5.41, 5.74) is 8.04. The van der Waals surface area contributed by atoms with Crippen molar-refractivity contribution in [2.75, 3.05) is 13.1 Å². The highest BCUT2D eigenvalue weighted by atomic mass is 16.2. The number of aryl methyl sites for hydroxylation is 2. The van der Waals surface area contributed by atoms with Crippen molar-refractivity contribution in [2.24, 2.45) is 11.7 Å². The zero-order valence-electron chi connectivity index (χ0n) is 11.9. The molecule has 2 unspecified atom stereocenters. The summed E-state index contributed by atoms with van der Waals surface area (Å²) in [6, 6.07) is 1.98. The third-order valence-corrected chi connectivity index (χ3v) is 3.94. The fourth-order valence-electron chi connectivity index (χ4n) is 2.74. The van der Waals surface area contributed by atoms with Crippen LogP contribution in [-0.4, -0.2) is 40.1 Å². The summed E-state index contributed by atoms with van der Waals surface area (Å²) in [6.07, 6.45) is 1.73. The summed E-state index contributed by atoms with van der Waals surface area (Å²) >= 11 is 0. The number of nitrogens with two attached hydrogens (primary N) is 1. The predicted octanol–water partition coefficient (Wildman–Crippen LogP) is 1.16. The van der Waals surface area contributed by atoms with Gasteiger partial charge in [-0.2, -0.15) is 10.2 Å². The lowest BCUT2D eigenvalue weighted by Crippen LogP contribution is -2.42. The van der Waals surface area contributed by atoms with Gasteiger partial charge in [0, 0.05) is 19.1 Å². The van der Waals surface area contributed by atoms with Gasteiger partial charge in [0.05, 0.1) is 17.0 Å². The number of hydrogen-bond donors (Lipinski definition) is 1. The topological polar surface area (TPSA) is 72.1 Å². The molecule has 1 aromatic heterocycles. The molecule has 2 N–H and O–H groups in total. The van der Waals surface area contributed by atoms with E-state index in [0.29, 0.717) is 24.4 Å². The van der Waals surface area contributed by atoms with Crippen molar-refractivity contribution in [3.8, 4) is 0 Å². The Labute approximate surface area is 114 Å². The number of hydrogen-bond acceptors (Lipinski definition) is 4. The molecule has 1 aromatic rings. The van der Waals surface area contributed by atoms with E-state index in [9.17, 15) is 4.79 Å². The second-order valence-corrected chi connectivity index (χ2v) is 5.27. The molecule has 0 radical (unpaired) electrons. The van der Waals surface area contributed by atoms with Gasteiger partial charge in [0.25, 0.3) is 5.91 Å². The molecule has 0 aliphatic carbocycles. The fraction of sp³-hybridized carbons (Fsp3) is 0.643. The number of aromatic nitrogens is 2. The number of likely N-dealkylation sites (tertiary alicyclic amines) is 1. The summed E-state index contributed by atoms with van der Waals surface area (Å²) in [4.78, 5) is 14.6. The molecular weight excluding hydrogens is 240 g/mol. The smallest absolute Gasteiger partial charge is 0.256 e. The quantitative estimate of drug-likeness (QED) is 0.887. The molecular formula is C14H22N4O. The van der Waals surface area contributed by atoms with E-state index in [0.717, 1.165) is 24.4 Å². The van der Waals surface area contributed by atoms with Gasteiger partial charge >= 0.3 is 0 Å². The van der Waals surface area contributed by atoms with Crippen LogP contribution >= 0.6 is 0 Å². The molecule has 1 amide bonds. The van der Waals surface area contributed by atoms with Crippen molar-refractivity contribution in [3.05, 3.63) is 23.0 Å². The van der Waals surface area contributed by atoms with Crippen LogP contribution in [0.5, 0.6) is 0 Å². The van der Waals surface area contributed by atoms with Crippen LogP contribution in [0.2, 0.25) is 0 Å². The van der Waals surface area contributed by atoms with E-state index in [1.165, 1.54) is 0 Å². The number of carbonyl (C=O) groups is 1. The number of rotatable bonds is 3. The molecule has 1 aliphatic rings. The fourth-order valence-corrected chi connectivity index (χ4v) is 2.74. The molecule has 1 aliphatic heterocycles. The first-order valence-electron chi connectivity index (χ1n) is 6.92. The maximum absolute atomic E-state index is 12.7. The van der Waals surface area contributed by atoms with Crippen LogP contribution in [-0.2, 0) is 6.42 Å². The van der Waals surface area contributed by atoms with Crippen LogP contribution in [0.3, 0.4) is 0 Å². The van der Waals surface area contributed by atoms with E-state index in [2.05, 4.69) is 17.1 Å².